The number of fused-ring (bicyclic) bond motifs is 1. The molecule has 1 atom stereocenters. The largest absolute Gasteiger partial charge is 0.309 e. The van der Waals surface area contributed by atoms with Crippen LogP contribution >= 0.6 is 11.6 Å². The highest BCUT2D eigenvalue weighted by molar-refractivity contribution is 6.31. The van der Waals surface area contributed by atoms with E-state index in [1.807, 2.05) is 49.5 Å². The maximum absolute atomic E-state index is 12.1. The molecule has 23 heavy (non-hydrogen) atoms. The molecular weight excluding hydrogens is 310 g/mol. The van der Waals surface area contributed by atoms with Gasteiger partial charge >= 0.3 is 0 Å². The smallest absolute Gasteiger partial charge is 0.258 e. The molecule has 0 unspecified atom stereocenters. The van der Waals surface area contributed by atoms with E-state index >= 15 is 0 Å². The number of halogens is 1. The number of hydrogen-bond donors (Lipinski definition) is 1. The third kappa shape index (κ3) is 3.28. The zero-order valence-corrected chi connectivity index (χ0v) is 13.8. The summed E-state index contributed by atoms with van der Waals surface area (Å²) in [6, 6.07) is 15.3. The quantitative estimate of drug-likeness (QED) is 0.793. The minimum atomic E-state index is -0.107. The van der Waals surface area contributed by atoms with Crippen LogP contribution in [0.15, 0.2) is 53.3 Å². The molecule has 0 saturated carbocycles. The first kappa shape index (κ1) is 15.7. The van der Waals surface area contributed by atoms with Gasteiger partial charge in [0.2, 0.25) is 0 Å². The van der Waals surface area contributed by atoms with Crippen molar-refractivity contribution in [3.05, 3.63) is 75.3 Å². The number of para-hydroxylation sites is 1. The molecule has 0 spiro atoms. The molecule has 118 valence electrons. The van der Waals surface area contributed by atoms with Crippen LogP contribution < -0.4 is 5.56 Å². The van der Waals surface area contributed by atoms with Crippen LogP contribution in [-0.4, -0.2) is 21.9 Å². The summed E-state index contributed by atoms with van der Waals surface area (Å²) in [4.78, 5) is 21.7. The van der Waals surface area contributed by atoms with Crippen LogP contribution in [0.25, 0.3) is 10.9 Å². The van der Waals surface area contributed by atoms with Crippen LogP contribution in [0.1, 0.15) is 24.4 Å². The van der Waals surface area contributed by atoms with Crippen LogP contribution in [0, 0.1) is 0 Å². The van der Waals surface area contributed by atoms with E-state index in [2.05, 4.69) is 21.8 Å². The second-order valence-corrected chi connectivity index (χ2v) is 6.05. The van der Waals surface area contributed by atoms with Crippen LogP contribution in [-0.2, 0) is 6.54 Å². The molecule has 0 aliphatic rings. The van der Waals surface area contributed by atoms with E-state index in [0.717, 1.165) is 10.6 Å². The van der Waals surface area contributed by atoms with Crippen molar-refractivity contribution in [3.8, 4) is 0 Å². The lowest BCUT2D eigenvalue weighted by Gasteiger charge is -2.25. The molecule has 2 aromatic carbocycles. The Morgan fingerprint density at radius 3 is 2.65 bits per heavy atom. The van der Waals surface area contributed by atoms with E-state index in [1.165, 1.54) is 0 Å². The molecule has 4 nitrogen and oxygen atoms in total. The fraction of sp³-hybridized carbons (Fsp3) is 0.222. The monoisotopic (exact) mass is 327 g/mol. The van der Waals surface area contributed by atoms with Gasteiger partial charge in [0, 0.05) is 11.1 Å². The van der Waals surface area contributed by atoms with Gasteiger partial charge in [-0.3, -0.25) is 9.69 Å². The van der Waals surface area contributed by atoms with E-state index < -0.39 is 0 Å². The zero-order chi connectivity index (χ0) is 16.4. The Balaban J connectivity index is 1.87. The predicted molar refractivity (Wildman–Crippen MR) is 93.7 cm³/mol. The maximum Gasteiger partial charge on any atom is 0.258 e. The number of H-pyrrole nitrogens is 1. The van der Waals surface area contributed by atoms with Crippen LogP contribution in [0.2, 0.25) is 5.02 Å². The molecule has 5 heteroatoms. The molecule has 3 aromatic rings. The molecule has 0 saturated heterocycles. The summed E-state index contributed by atoms with van der Waals surface area (Å²) < 4.78 is 0. The van der Waals surface area contributed by atoms with Gasteiger partial charge in [0.15, 0.2) is 0 Å². The van der Waals surface area contributed by atoms with E-state index in [9.17, 15) is 4.79 Å². The van der Waals surface area contributed by atoms with Crippen molar-refractivity contribution in [1.82, 2.24) is 14.9 Å². The van der Waals surface area contributed by atoms with Gasteiger partial charge in [0.05, 0.1) is 17.4 Å². The number of benzene rings is 2. The summed E-state index contributed by atoms with van der Waals surface area (Å²) in [5, 5.41) is 1.35. The Kier molecular flexibility index (Phi) is 4.46. The molecule has 1 heterocycles. The van der Waals surface area contributed by atoms with Crippen molar-refractivity contribution in [3.63, 3.8) is 0 Å². The summed E-state index contributed by atoms with van der Waals surface area (Å²) in [5.41, 5.74) is 1.66. The Morgan fingerprint density at radius 2 is 1.87 bits per heavy atom. The molecule has 0 radical (unpaired) electrons. The highest BCUT2D eigenvalue weighted by Gasteiger charge is 2.16. The summed E-state index contributed by atoms with van der Waals surface area (Å²) in [5.74, 6) is 0.648. The highest BCUT2D eigenvalue weighted by Crippen LogP contribution is 2.26. The maximum atomic E-state index is 12.1. The number of nitrogens with one attached hydrogen (secondary N) is 1. The van der Waals surface area contributed by atoms with Crippen molar-refractivity contribution >= 4 is 22.5 Å². The SMILES string of the molecule is C[C@@H](c1ccccc1Cl)N(C)Cc1nc2ccccc2c(=O)[nH]1. The standard InChI is InChI=1S/C18H18ClN3O/c1-12(13-7-3-5-9-15(13)19)22(2)11-17-20-16-10-6-4-8-14(16)18(23)21-17/h3-10,12H,11H2,1-2H3,(H,20,21,23)/t12-/m0/s1. The molecule has 0 amide bonds. The molecule has 0 fully saturated rings. The van der Waals surface area contributed by atoms with Crippen molar-refractivity contribution in [2.75, 3.05) is 7.05 Å². The number of hydrogen-bond acceptors (Lipinski definition) is 3. The third-order valence-electron chi connectivity index (χ3n) is 4.08. The van der Waals surface area contributed by atoms with Gasteiger partial charge < -0.3 is 4.98 Å². The lowest BCUT2D eigenvalue weighted by atomic mass is 10.1. The van der Waals surface area contributed by atoms with Crippen molar-refractivity contribution in [2.45, 2.75) is 19.5 Å². The fourth-order valence-electron chi connectivity index (χ4n) is 2.63. The minimum absolute atomic E-state index is 0.107. The summed E-state index contributed by atoms with van der Waals surface area (Å²) in [7, 11) is 1.99. The van der Waals surface area contributed by atoms with Crippen molar-refractivity contribution < 1.29 is 0 Å². The third-order valence-corrected chi connectivity index (χ3v) is 4.42. The van der Waals surface area contributed by atoms with Gasteiger partial charge in [-0.25, -0.2) is 4.98 Å². The van der Waals surface area contributed by atoms with Gasteiger partial charge in [-0.15, -0.1) is 0 Å². The van der Waals surface area contributed by atoms with Gasteiger partial charge in [0.25, 0.3) is 5.56 Å². The predicted octanol–water partition coefficient (Wildman–Crippen LogP) is 3.77. The average molecular weight is 328 g/mol. The summed E-state index contributed by atoms with van der Waals surface area (Å²) >= 11 is 6.27. The Morgan fingerprint density at radius 1 is 1.17 bits per heavy atom. The second-order valence-electron chi connectivity index (χ2n) is 5.64. The summed E-state index contributed by atoms with van der Waals surface area (Å²) in [6.07, 6.45) is 0. The van der Waals surface area contributed by atoms with E-state index in [-0.39, 0.29) is 11.6 Å². The van der Waals surface area contributed by atoms with E-state index in [1.54, 1.807) is 6.07 Å². The number of aromatic nitrogens is 2. The highest BCUT2D eigenvalue weighted by atomic mass is 35.5. The molecule has 0 bridgehead atoms. The Hall–Kier alpha value is -2.17. The lowest BCUT2D eigenvalue weighted by molar-refractivity contribution is 0.247. The zero-order valence-electron chi connectivity index (χ0n) is 13.1. The topological polar surface area (TPSA) is 49.0 Å². The van der Waals surface area contributed by atoms with Crippen LogP contribution in [0.4, 0.5) is 0 Å². The normalized spacial score (nSPS) is 12.7. The molecular formula is C18H18ClN3O. The van der Waals surface area contributed by atoms with Gasteiger partial charge in [0.1, 0.15) is 5.82 Å². The van der Waals surface area contributed by atoms with Gasteiger partial charge in [-0.2, -0.15) is 0 Å². The molecule has 0 aliphatic heterocycles. The van der Waals surface area contributed by atoms with Gasteiger partial charge in [-0.1, -0.05) is 41.9 Å². The Bertz CT molecular complexity index is 891. The van der Waals surface area contributed by atoms with Crippen LogP contribution in [0.5, 0.6) is 0 Å². The first-order valence-electron chi connectivity index (χ1n) is 7.49. The number of rotatable bonds is 4. The van der Waals surface area contributed by atoms with Crippen molar-refractivity contribution in [2.24, 2.45) is 0 Å². The minimum Gasteiger partial charge on any atom is -0.309 e. The molecule has 0 aliphatic carbocycles. The first-order chi connectivity index (χ1) is 11.1. The second kappa shape index (κ2) is 6.52. The molecule has 1 N–H and O–H groups in total. The number of nitrogens with zero attached hydrogens (tertiary/aromatic N) is 2. The lowest BCUT2D eigenvalue weighted by Crippen LogP contribution is -2.25. The average Bonchev–Trinajstić information content (AvgIpc) is 2.54. The van der Waals surface area contributed by atoms with Crippen LogP contribution in [0.3, 0.4) is 0 Å². The van der Waals surface area contributed by atoms with E-state index in [0.29, 0.717) is 23.3 Å². The van der Waals surface area contributed by atoms with E-state index in [4.69, 9.17) is 11.6 Å². The number of aromatic amines is 1. The Labute approximate surface area is 139 Å². The molecule has 3 rings (SSSR count). The van der Waals surface area contributed by atoms with Gasteiger partial charge in [-0.05, 0) is 37.7 Å². The summed E-state index contributed by atoms with van der Waals surface area (Å²) in [6.45, 7) is 2.62. The molecule has 1 aromatic heterocycles. The van der Waals surface area contributed by atoms with Crippen molar-refractivity contribution in [1.29, 1.82) is 0 Å². The fourth-order valence-corrected chi connectivity index (χ4v) is 2.93. The first-order valence-corrected chi connectivity index (χ1v) is 7.86.